The number of hydrogen-bond acceptors (Lipinski definition) is 3. The fraction of sp³-hybridized carbons (Fsp3) is 0.786. The Morgan fingerprint density at radius 3 is 2.41 bits per heavy atom. The van der Waals surface area contributed by atoms with Gasteiger partial charge in [-0.2, -0.15) is 0 Å². The molecule has 0 aromatic heterocycles. The molecule has 0 heterocycles. The van der Waals surface area contributed by atoms with Gasteiger partial charge in [-0.15, -0.1) is 0 Å². The molecular weight excluding hydrogens is 216 g/mol. The summed E-state index contributed by atoms with van der Waals surface area (Å²) in [5.74, 6) is -0.605. The first kappa shape index (κ1) is 12.6. The first-order valence-corrected chi connectivity index (χ1v) is 6.23. The van der Waals surface area contributed by atoms with Crippen molar-refractivity contribution in [1.82, 2.24) is 0 Å². The molecule has 2 fully saturated rings. The molecule has 0 saturated heterocycles. The average Bonchev–Trinajstić information content (AvgIpc) is 2.60. The molecule has 3 heteroatoms. The molecule has 2 rings (SSSR count). The summed E-state index contributed by atoms with van der Waals surface area (Å²) in [6.45, 7) is 10.2. The second kappa shape index (κ2) is 3.58. The van der Waals surface area contributed by atoms with Gasteiger partial charge >= 0.3 is 5.97 Å². The quantitative estimate of drug-likeness (QED) is 0.431. The molecule has 0 N–H and O–H groups in total. The van der Waals surface area contributed by atoms with Crippen molar-refractivity contribution >= 4 is 5.97 Å². The topological polar surface area (TPSA) is 35.5 Å². The zero-order valence-electron chi connectivity index (χ0n) is 11.2. The second-order valence-corrected chi connectivity index (χ2v) is 6.08. The van der Waals surface area contributed by atoms with E-state index in [2.05, 4.69) is 27.4 Å². The predicted octanol–water partition coefficient (Wildman–Crippen LogP) is 2.90. The Balaban J connectivity index is 2.38. The van der Waals surface area contributed by atoms with Gasteiger partial charge in [-0.25, -0.2) is 4.79 Å². The fourth-order valence-electron chi connectivity index (χ4n) is 3.89. The van der Waals surface area contributed by atoms with Crippen molar-refractivity contribution in [3.63, 3.8) is 0 Å². The summed E-state index contributed by atoms with van der Waals surface area (Å²) in [6.07, 6.45) is 4.25. The number of ether oxygens (including phenoxy) is 2. The molecule has 3 atom stereocenters. The van der Waals surface area contributed by atoms with Gasteiger partial charge in [0.1, 0.15) is 0 Å². The minimum Gasteiger partial charge on any atom is -0.429 e. The van der Waals surface area contributed by atoms with Gasteiger partial charge in [0.25, 0.3) is 0 Å². The molecule has 2 aliphatic rings. The fourth-order valence-corrected chi connectivity index (χ4v) is 3.89. The summed E-state index contributed by atoms with van der Waals surface area (Å²) in [4.78, 5) is 11.5. The van der Waals surface area contributed by atoms with E-state index in [1.807, 2.05) is 0 Å². The maximum Gasteiger partial charge on any atom is 0.332 e. The van der Waals surface area contributed by atoms with Crippen molar-refractivity contribution in [2.75, 3.05) is 7.11 Å². The van der Waals surface area contributed by atoms with Gasteiger partial charge in [0.05, 0.1) is 0 Å². The van der Waals surface area contributed by atoms with Gasteiger partial charge in [-0.3, -0.25) is 0 Å². The summed E-state index contributed by atoms with van der Waals surface area (Å²) in [6, 6.07) is 0. The van der Waals surface area contributed by atoms with Gasteiger partial charge in [-0.05, 0) is 24.2 Å². The van der Waals surface area contributed by atoms with Crippen LogP contribution in [0, 0.1) is 16.7 Å². The van der Waals surface area contributed by atoms with Crippen LogP contribution in [0.5, 0.6) is 0 Å². The predicted molar refractivity (Wildman–Crippen MR) is 65.3 cm³/mol. The van der Waals surface area contributed by atoms with E-state index in [1.54, 1.807) is 7.11 Å². The van der Waals surface area contributed by atoms with Crippen LogP contribution in [0.15, 0.2) is 12.7 Å². The molecule has 2 saturated carbocycles. The van der Waals surface area contributed by atoms with Crippen molar-refractivity contribution in [2.45, 2.75) is 45.8 Å². The molecule has 0 amide bonds. The number of rotatable bonds is 3. The van der Waals surface area contributed by atoms with E-state index in [0.717, 1.165) is 12.8 Å². The molecule has 1 unspecified atom stereocenters. The Bertz CT molecular complexity index is 360. The third-order valence-corrected chi connectivity index (χ3v) is 5.55. The summed E-state index contributed by atoms with van der Waals surface area (Å²) in [5, 5.41) is 0. The van der Waals surface area contributed by atoms with Gasteiger partial charge in [0.15, 0.2) is 0 Å². The van der Waals surface area contributed by atoms with Gasteiger partial charge in [0.2, 0.25) is 5.79 Å². The van der Waals surface area contributed by atoms with Crippen LogP contribution in [-0.4, -0.2) is 18.9 Å². The molecule has 2 bridgehead atoms. The zero-order valence-corrected chi connectivity index (χ0v) is 11.2. The number of fused-ring (bicyclic) bond motifs is 2. The lowest BCUT2D eigenvalue weighted by Crippen LogP contribution is -2.51. The Labute approximate surface area is 103 Å². The van der Waals surface area contributed by atoms with Crippen LogP contribution >= 0.6 is 0 Å². The largest absolute Gasteiger partial charge is 0.429 e. The minimum absolute atomic E-state index is 0.113. The number of hydrogen-bond donors (Lipinski definition) is 0. The van der Waals surface area contributed by atoms with Crippen molar-refractivity contribution in [3.05, 3.63) is 12.7 Å². The zero-order chi connectivity index (χ0) is 12.9. The van der Waals surface area contributed by atoms with E-state index >= 15 is 0 Å². The van der Waals surface area contributed by atoms with Crippen LogP contribution in [0.3, 0.4) is 0 Å². The summed E-state index contributed by atoms with van der Waals surface area (Å²) >= 11 is 0. The first-order chi connectivity index (χ1) is 7.83. The van der Waals surface area contributed by atoms with Crippen LogP contribution < -0.4 is 0 Å². The third kappa shape index (κ3) is 1.35. The summed E-state index contributed by atoms with van der Waals surface area (Å²) in [7, 11) is 1.64. The van der Waals surface area contributed by atoms with Crippen LogP contribution in [0.25, 0.3) is 0 Å². The normalized spacial score (nSPS) is 42.5. The van der Waals surface area contributed by atoms with E-state index in [-0.39, 0.29) is 10.8 Å². The first-order valence-electron chi connectivity index (χ1n) is 6.23. The lowest BCUT2D eigenvalue weighted by Gasteiger charge is -2.46. The second-order valence-electron chi connectivity index (χ2n) is 6.08. The van der Waals surface area contributed by atoms with Crippen molar-refractivity contribution < 1.29 is 14.3 Å². The molecule has 0 aromatic rings. The lowest BCUT2D eigenvalue weighted by molar-refractivity contribution is -0.271. The van der Waals surface area contributed by atoms with E-state index in [1.165, 1.54) is 12.5 Å². The monoisotopic (exact) mass is 238 g/mol. The molecular formula is C14H22O3. The van der Waals surface area contributed by atoms with Crippen molar-refractivity contribution in [2.24, 2.45) is 16.7 Å². The van der Waals surface area contributed by atoms with E-state index in [0.29, 0.717) is 5.92 Å². The van der Waals surface area contributed by atoms with Crippen LogP contribution in [0.2, 0.25) is 0 Å². The van der Waals surface area contributed by atoms with Crippen LogP contribution in [-0.2, 0) is 14.3 Å². The average molecular weight is 238 g/mol. The SMILES string of the molecule is C=CC(=O)OC1(OC)C[C@H]2CC[C@@]1(C)C2(C)C. The maximum absolute atomic E-state index is 11.5. The minimum atomic E-state index is -0.773. The van der Waals surface area contributed by atoms with Crippen LogP contribution in [0.1, 0.15) is 40.0 Å². The van der Waals surface area contributed by atoms with Gasteiger partial charge in [0, 0.05) is 25.0 Å². The van der Waals surface area contributed by atoms with Crippen molar-refractivity contribution in [3.8, 4) is 0 Å². The number of methoxy groups -OCH3 is 1. The van der Waals surface area contributed by atoms with E-state index in [9.17, 15) is 4.79 Å². The molecule has 0 spiro atoms. The van der Waals surface area contributed by atoms with Gasteiger partial charge < -0.3 is 9.47 Å². The van der Waals surface area contributed by atoms with Crippen molar-refractivity contribution in [1.29, 1.82) is 0 Å². The lowest BCUT2D eigenvalue weighted by atomic mass is 9.68. The standard InChI is InChI=1S/C14H22O3/c1-6-11(15)17-14(16-5)9-10-7-8-13(14,4)12(10,2)3/h6,10H,1,7-9H2,2-5H3/t10-,13+,14?/m1/s1. The van der Waals surface area contributed by atoms with E-state index < -0.39 is 11.8 Å². The Hall–Kier alpha value is -0.830. The third-order valence-electron chi connectivity index (χ3n) is 5.55. The highest BCUT2D eigenvalue weighted by atomic mass is 16.7. The Morgan fingerprint density at radius 1 is 1.41 bits per heavy atom. The molecule has 3 nitrogen and oxygen atoms in total. The Kier molecular flexibility index (Phi) is 2.66. The van der Waals surface area contributed by atoms with Gasteiger partial charge in [-0.1, -0.05) is 27.4 Å². The molecule has 2 aliphatic carbocycles. The molecule has 0 aromatic carbocycles. The van der Waals surface area contributed by atoms with E-state index in [4.69, 9.17) is 9.47 Å². The smallest absolute Gasteiger partial charge is 0.332 e. The summed E-state index contributed by atoms with van der Waals surface area (Å²) < 4.78 is 11.2. The highest BCUT2D eigenvalue weighted by molar-refractivity contribution is 5.81. The summed E-state index contributed by atoms with van der Waals surface area (Å²) in [5.41, 5.74) is 0.0303. The maximum atomic E-state index is 11.5. The number of carbonyl (C=O) groups excluding carboxylic acids is 1. The molecule has 96 valence electrons. The number of carbonyl (C=O) groups is 1. The highest BCUT2D eigenvalue weighted by Gasteiger charge is 2.71. The number of esters is 1. The molecule has 0 radical (unpaired) electrons. The van der Waals surface area contributed by atoms with Crippen LogP contribution in [0.4, 0.5) is 0 Å². The molecule has 17 heavy (non-hydrogen) atoms. The molecule has 0 aliphatic heterocycles. The highest BCUT2D eigenvalue weighted by Crippen LogP contribution is 2.70. The Morgan fingerprint density at radius 2 is 2.06 bits per heavy atom.